The molecular formula is C9H14N2O3. The minimum Gasteiger partial charge on any atom is -0.341 e. The standard InChI is InChI=1S/C9H14N2O3/c1-4-8(12)10-5-14-6-11-9(13)7(2)3/h4H,1-2,5-6H2,3H3,(H,10,12)(H,11,13). The molecule has 0 aliphatic rings. The summed E-state index contributed by atoms with van der Waals surface area (Å²) in [5, 5.41) is 4.82. The summed E-state index contributed by atoms with van der Waals surface area (Å²) >= 11 is 0. The summed E-state index contributed by atoms with van der Waals surface area (Å²) in [6, 6.07) is 0. The molecular weight excluding hydrogens is 184 g/mol. The number of hydrogen-bond donors (Lipinski definition) is 2. The quantitative estimate of drug-likeness (QED) is 0.356. The van der Waals surface area contributed by atoms with E-state index in [2.05, 4.69) is 23.8 Å². The first-order valence-corrected chi connectivity index (χ1v) is 3.99. The third-order valence-corrected chi connectivity index (χ3v) is 1.26. The molecule has 0 saturated heterocycles. The lowest BCUT2D eigenvalue weighted by Crippen LogP contribution is -2.31. The maximum Gasteiger partial charge on any atom is 0.248 e. The molecule has 0 aliphatic heterocycles. The van der Waals surface area contributed by atoms with Gasteiger partial charge in [-0.15, -0.1) is 0 Å². The lowest BCUT2D eigenvalue weighted by atomic mass is 10.3. The van der Waals surface area contributed by atoms with Crippen molar-refractivity contribution < 1.29 is 14.3 Å². The third-order valence-electron chi connectivity index (χ3n) is 1.26. The van der Waals surface area contributed by atoms with Gasteiger partial charge in [0.2, 0.25) is 11.8 Å². The first-order chi connectivity index (χ1) is 6.57. The topological polar surface area (TPSA) is 67.4 Å². The molecule has 0 fully saturated rings. The zero-order chi connectivity index (χ0) is 11.0. The summed E-state index contributed by atoms with van der Waals surface area (Å²) in [6.07, 6.45) is 1.13. The lowest BCUT2D eigenvalue weighted by molar-refractivity contribution is -0.120. The predicted molar refractivity (Wildman–Crippen MR) is 52.1 cm³/mol. The molecule has 5 nitrogen and oxygen atoms in total. The first-order valence-electron chi connectivity index (χ1n) is 3.99. The summed E-state index contributed by atoms with van der Waals surface area (Å²) in [4.78, 5) is 21.5. The van der Waals surface area contributed by atoms with Crippen LogP contribution in [0.15, 0.2) is 24.8 Å². The zero-order valence-corrected chi connectivity index (χ0v) is 8.13. The molecule has 0 aliphatic carbocycles. The van der Waals surface area contributed by atoms with Crippen molar-refractivity contribution in [3.05, 3.63) is 24.8 Å². The second-order valence-corrected chi connectivity index (χ2v) is 2.52. The number of hydrogen-bond acceptors (Lipinski definition) is 3. The van der Waals surface area contributed by atoms with Gasteiger partial charge in [0.15, 0.2) is 0 Å². The van der Waals surface area contributed by atoms with E-state index in [1.54, 1.807) is 6.92 Å². The van der Waals surface area contributed by atoms with Crippen molar-refractivity contribution in [3.8, 4) is 0 Å². The van der Waals surface area contributed by atoms with Crippen molar-refractivity contribution in [1.29, 1.82) is 0 Å². The fraction of sp³-hybridized carbons (Fsp3) is 0.333. The Kier molecular flexibility index (Phi) is 6.06. The summed E-state index contributed by atoms with van der Waals surface area (Å²) in [6.45, 7) is 8.36. The van der Waals surface area contributed by atoms with Crippen LogP contribution in [0.25, 0.3) is 0 Å². The molecule has 0 bridgehead atoms. The van der Waals surface area contributed by atoms with Gasteiger partial charge >= 0.3 is 0 Å². The van der Waals surface area contributed by atoms with Crippen LogP contribution >= 0.6 is 0 Å². The molecule has 0 aromatic rings. The van der Waals surface area contributed by atoms with Crippen LogP contribution in [0.2, 0.25) is 0 Å². The molecule has 2 N–H and O–H groups in total. The minimum atomic E-state index is -0.323. The Bertz CT molecular complexity index is 248. The SMILES string of the molecule is C=CC(=O)NCOCNC(=O)C(=C)C. The monoisotopic (exact) mass is 198 g/mol. The summed E-state index contributed by atoms with van der Waals surface area (Å²) in [7, 11) is 0. The number of nitrogens with one attached hydrogen (secondary N) is 2. The van der Waals surface area contributed by atoms with Crippen LogP contribution in [0.3, 0.4) is 0 Å². The van der Waals surface area contributed by atoms with E-state index in [0.717, 1.165) is 6.08 Å². The van der Waals surface area contributed by atoms with Crippen molar-refractivity contribution in [2.75, 3.05) is 13.5 Å². The number of carbonyl (C=O) groups excluding carboxylic acids is 2. The Morgan fingerprint density at radius 1 is 1.36 bits per heavy atom. The fourth-order valence-corrected chi connectivity index (χ4v) is 0.513. The molecule has 78 valence electrons. The largest absolute Gasteiger partial charge is 0.341 e. The molecule has 5 heteroatoms. The van der Waals surface area contributed by atoms with Crippen molar-refractivity contribution in [3.63, 3.8) is 0 Å². The van der Waals surface area contributed by atoms with Crippen LogP contribution in [0.1, 0.15) is 6.92 Å². The van der Waals surface area contributed by atoms with Crippen molar-refractivity contribution in [2.45, 2.75) is 6.92 Å². The van der Waals surface area contributed by atoms with E-state index < -0.39 is 0 Å². The van der Waals surface area contributed by atoms with Crippen LogP contribution in [-0.4, -0.2) is 25.3 Å². The number of carbonyl (C=O) groups is 2. The Balaban J connectivity index is 3.38. The van der Waals surface area contributed by atoms with Gasteiger partial charge in [-0.25, -0.2) is 0 Å². The van der Waals surface area contributed by atoms with Gasteiger partial charge in [-0.3, -0.25) is 9.59 Å². The molecule has 0 aromatic heterocycles. The van der Waals surface area contributed by atoms with Crippen molar-refractivity contribution in [1.82, 2.24) is 10.6 Å². The van der Waals surface area contributed by atoms with Crippen LogP contribution < -0.4 is 10.6 Å². The summed E-state index contributed by atoms with van der Waals surface area (Å²) in [5.74, 6) is -0.601. The Labute approximate surface area is 82.8 Å². The van der Waals surface area contributed by atoms with Gasteiger partial charge in [0.1, 0.15) is 13.5 Å². The molecule has 0 aromatic carbocycles. The van der Waals surface area contributed by atoms with Crippen LogP contribution in [-0.2, 0) is 14.3 Å². The van der Waals surface area contributed by atoms with Crippen LogP contribution in [0.5, 0.6) is 0 Å². The summed E-state index contributed by atoms with van der Waals surface area (Å²) in [5.41, 5.74) is 0.406. The number of ether oxygens (including phenoxy) is 1. The second-order valence-electron chi connectivity index (χ2n) is 2.52. The Morgan fingerprint density at radius 3 is 2.43 bits per heavy atom. The van der Waals surface area contributed by atoms with Gasteiger partial charge in [-0.05, 0) is 13.0 Å². The first kappa shape index (κ1) is 12.4. The highest BCUT2D eigenvalue weighted by atomic mass is 16.5. The molecule has 2 amide bonds. The lowest BCUT2D eigenvalue weighted by Gasteiger charge is -2.06. The Hall–Kier alpha value is -1.62. The molecule has 0 rings (SSSR count). The maximum absolute atomic E-state index is 10.9. The van der Waals surface area contributed by atoms with Crippen LogP contribution in [0, 0.1) is 0 Å². The van der Waals surface area contributed by atoms with Gasteiger partial charge in [-0.1, -0.05) is 13.2 Å². The normalized spacial score (nSPS) is 8.93. The van der Waals surface area contributed by atoms with Gasteiger partial charge in [0.05, 0.1) is 0 Å². The highest BCUT2D eigenvalue weighted by Crippen LogP contribution is 1.84. The molecule has 14 heavy (non-hydrogen) atoms. The van der Waals surface area contributed by atoms with Crippen molar-refractivity contribution >= 4 is 11.8 Å². The van der Waals surface area contributed by atoms with E-state index in [1.807, 2.05) is 0 Å². The Morgan fingerprint density at radius 2 is 1.93 bits per heavy atom. The van der Waals surface area contributed by atoms with E-state index in [4.69, 9.17) is 4.74 Å². The van der Waals surface area contributed by atoms with Crippen LogP contribution in [0.4, 0.5) is 0 Å². The second kappa shape index (κ2) is 6.85. The maximum atomic E-state index is 10.9. The highest BCUT2D eigenvalue weighted by molar-refractivity contribution is 5.91. The predicted octanol–water partition coefficient (Wildman–Crippen LogP) is -0.0875. The molecule has 0 radical (unpaired) electrons. The number of rotatable bonds is 6. The third kappa shape index (κ3) is 5.96. The minimum absolute atomic E-state index is 0.0291. The molecule has 0 spiro atoms. The highest BCUT2D eigenvalue weighted by Gasteiger charge is 1.99. The molecule has 0 unspecified atom stereocenters. The fourth-order valence-electron chi connectivity index (χ4n) is 0.513. The van der Waals surface area contributed by atoms with Gasteiger partial charge in [0.25, 0.3) is 0 Å². The average Bonchev–Trinajstić information content (AvgIpc) is 2.16. The molecule has 0 saturated carbocycles. The summed E-state index contributed by atoms with van der Waals surface area (Å²) < 4.78 is 4.87. The van der Waals surface area contributed by atoms with E-state index in [9.17, 15) is 9.59 Å². The van der Waals surface area contributed by atoms with E-state index >= 15 is 0 Å². The number of amides is 2. The average molecular weight is 198 g/mol. The molecule has 0 heterocycles. The zero-order valence-electron chi connectivity index (χ0n) is 8.13. The van der Waals surface area contributed by atoms with E-state index in [0.29, 0.717) is 5.57 Å². The van der Waals surface area contributed by atoms with Gasteiger partial charge in [0, 0.05) is 5.57 Å². The van der Waals surface area contributed by atoms with Gasteiger partial charge < -0.3 is 15.4 Å². The van der Waals surface area contributed by atoms with Crippen molar-refractivity contribution in [2.24, 2.45) is 0 Å². The van der Waals surface area contributed by atoms with Gasteiger partial charge in [-0.2, -0.15) is 0 Å². The smallest absolute Gasteiger partial charge is 0.248 e. The van der Waals surface area contributed by atoms with E-state index in [1.165, 1.54) is 0 Å². The van der Waals surface area contributed by atoms with E-state index in [-0.39, 0.29) is 25.3 Å². The molecule has 0 atom stereocenters.